The van der Waals surface area contributed by atoms with Crippen molar-refractivity contribution < 1.29 is 14.8 Å². The summed E-state index contributed by atoms with van der Waals surface area (Å²) >= 11 is 11.7. The second kappa shape index (κ2) is 6.95. The number of halogens is 2. The van der Waals surface area contributed by atoms with E-state index < -0.39 is 11.0 Å². The number of aromatic nitrogens is 2. The van der Waals surface area contributed by atoms with Crippen molar-refractivity contribution >= 4 is 29.0 Å². The van der Waals surface area contributed by atoms with Crippen LogP contribution in [0.4, 0.5) is 5.82 Å². The van der Waals surface area contributed by atoms with Crippen LogP contribution >= 0.6 is 23.2 Å². The quantitative estimate of drug-likeness (QED) is 0.642. The number of hydrogen-bond donors (Lipinski definition) is 1. The molecule has 0 bridgehead atoms. The lowest BCUT2D eigenvalue weighted by Gasteiger charge is -2.13. The van der Waals surface area contributed by atoms with E-state index in [1.54, 1.807) is 19.1 Å². The summed E-state index contributed by atoms with van der Waals surface area (Å²) < 4.78 is 6.72. The lowest BCUT2D eigenvalue weighted by molar-refractivity contribution is -0.392. The molecule has 0 saturated carbocycles. The maximum Gasteiger partial charge on any atom is 0.342 e. The molecule has 0 saturated heterocycles. The normalized spacial score (nSPS) is 12.2. The third-order valence-corrected chi connectivity index (χ3v) is 3.47. The van der Waals surface area contributed by atoms with Crippen LogP contribution < -0.4 is 4.74 Å². The zero-order chi connectivity index (χ0) is 16.3. The number of ether oxygens (including phenoxy) is 1. The van der Waals surface area contributed by atoms with E-state index in [1.165, 1.54) is 10.6 Å². The highest BCUT2D eigenvalue weighted by molar-refractivity contribution is 6.35. The average molecular weight is 346 g/mol. The number of aliphatic hydroxyl groups excluding tert-OH is 1. The Morgan fingerprint density at radius 1 is 1.50 bits per heavy atom. The van der Waals surface area contributed by atoms with Crippen molar-refractivity contribution in [3.63, 3.8) is 0 Å². The first-order chi connectivity index (χ1) is 10.4. The van der Waals surface area contributed by atoms with Crippen LogP contribution in [0.2, 0.25) is 10.0 Å². The van der Waals surface area contributed by atoms with Crippen LogP contribution in [0.15, 0.2) is 24.4 Å². The standard InChI is InChI=1S/C13H13Cl2N3O4/c1-8-16-5-13(18(20)21)17(8)6-10(19)7-22-12-3-2-9(14)4-11(12)15/h2-5,10,19H,6-7H2,1H3. The maximum atomic E-state index is 10.9. The summed E-state index contributed by atoms with van der Waals surface area (Å²) in [6.07, 6.45) is 0.192. The highest BCUT2D eigenvalue weighted by Crippen LogP contribution is 2.27. The van der Waals surface area contributed by atoms with Crippen LogP contribution in [0.1, 0.15) is 5.82 Å². The average Bonchev–Trinajstić information content (AvgIpc) is 2.79. The van der Waals surface area contributed by atoms with Gasteiger partial charge in [-0.1, -0.05) is 23.2 Å². The van der Waals surface area contributed by atoms with Crippen molar-refractivity contribution in [2.24, 2.45) is 0 Å². The molecule has 2 rings (SSSR count). The van der Waals surface area contributed by atoms with Gasteiger partial charge in [-0.25, -0.2) is 9.55 Å². The van der Waals surface area contributed by atoms with E-state index in [0.717, 1.165) is 6.20 Å². The molecule has 0 amide bonds. The molecular weight excluding hydrogens is 333 g/mol. The number of nitrogens with zero attached hydrogens (tertiary/aromatic N) is 3. The summed E-state index contributed by atoms with van der Waals surface area (Å²) in [5.41, 5.74) is 0. The van der Waals surface area contributed by atoms with Crippen LogP contribution in [0.3, 0.4) is 0 Å². The van der Waals surface area contributed by atoms with Gasteiger partial charge in [0, 0.05) is 11.9 Å². The second-order valence-corrected chi connectivity index (χ2v) is 5.41. The Bertz CT molecular complexity index is 690. The fourth-order valence-corrected chi connectivity index (χ4v) is 2.33. The third-order valence-electron chi connectivity index (χ3n) is 2.94. The van der Waals surface area contributed by atoms with E-state index in [0.29, 0.717) is 21.6 Å². The highest BCUT2D eigenvalue weighted by atomic mass is 35.5. The zero-order valence-corrected chi connectivity index (χ0v) is 13.1. The van der Waals surface area contributed by atoms with Gasteiger partial charge in [-0.3, -0.25) is 0 Å². The first-order valence-electron chi connectivity index (χ1n) is 6.31. The van der Waals surface area contributed by atoms with Gasteiger partial charge < -0.3 is 20.0 Å². The molecule has 7 nitrogen and oxygen atoms in total. The molecule has 9 heteroatoms. The molecule has 1 aromatic heterocycles. The number of aryl methyl sites for hydroxylation is 1. The number of imidazole rings is 1. The van der Waals surface area contributed by atoms with Gasteiger partial charge in [0.25, 0.3) is 0 Å². The van der Waals surface area contributed by atoms with E-state index in [4.69, 9.17) is 27.9 Å². The highest BCUT2D eigenvalue weighted by Gasteiger charge is 2.21. The summed E-state index contributed by atoms with van der Waals surface area (Å²) in [4.78, 5) is 14.2. The SMILES string of the molecule is Cc1ncc([N+](=O)[O-])n1CC(O)COc1ccc(Cl)cc1Cl. The van der Waals surface area contributed by atoms with Gasteiger partial charge >= 0.3 is 5.82 Å². The number of rotatable bonds is 6. The molecule has 1 N–H and O–H groups in total. The van der Waals surface area contributed by atoms with Gasteiger partial charge in [0.15, 0.2) is 5.82 Å². The Balaban J connectivity index is 2.00. The van der Waals surface area contributed by atoms with Gasteiger partial charge in [-0.15, -0.1) is 0 Å². The monoisotopic (exact) mass is 345 g/mol. The topological polar surface area (TPSA) is 90.4 Å². The van der Waals surface area contributed by atoms with Gasteiger partial charge in [0.2, 0.25) is 0 Å². The van der Waals surface area contributed by atoms with Crippen molar-refractivity contribution in [2.45, 2.75) is 19.6 Å². The number of hydrogen-bond acceptors (Lipinski definition) is 5. The summed E-state index contributed by atoms with van der Waals surface area (Å²) in [7, 11) is 0. The molecule has 0 spiro atoms. The molecule has 0 aliphatic heterocycles. The number of aliphatic hydroxyl groups is 1. The largest absolute Gasteiger partial charge is 0.489 e. The van der Waals surface area contributed by atoms with Crippen molar-refractivity contribution in [2.75, 3.05) is 6.61 Å². The van der Waals surface area contributed by atoms with E-state index in [-0.39, 0.29) is 19.0 Å². The van der Waals surface area contributed by atoms with Crippen LogP contribution in [0, 0.1) is 17.0 Å². The molecule has 0 fully saturated rings. The van der Waals surface area contributed by atoms with Crippen molar-refractivity contribution in [3.8, 4) is 5.75 Å². The Morgan fingerprint density at radius 3 is 2.86 bits per heavy atom. The molecule has 2 aromatic rings. The lowest BCUT2D eigenvalue weighted by atomic mass is 10.3. The minimum absolute atomic E-state index is 0.00659. The van der Waals surface area contributed by atoms with Gasteiger partial charge in [-0.2, -0.15) is 0 Å². The molecule has 22 heavy (non-hydrogen) atoms. The number of benzene rings is 1. The van der Waals surface area contributed by atoms with Gasteiger partial charge in [-0.05, 0) is 23.1 Å². The minimum atomic E-state index is -0.960. The van der Waals surface area contributed by atoms with E-state index in [9.17, 15) is 15.2 Å². The molecular formula is C13H13Cl2N3O4. The van der Waals surface area contributed by atoms with Gasteiger partial charge in [0.05, 0.1) is 5.02 Å². The van der Waals surface area contributed by atoms with E-state index in [1.807, 2.05) is 0 Å². The lowest BCUT2D eigenvalue weighted by Crippen LogP contribution is -2.24. The third kappa shape index (κ3) is 3.88. The Labute approximate surface area is 136 Å². The van der Waals surface area contributed by atoms with Crippen molar-refractivity contribution in [3.05, 3.63) is 50.4 Å². The van der Waals surface area contributed by atoms with E-state index >= 15 is 0 Å². The Morgan fingerprint density at radius 2 is 2.23 bits per heavy atom. The van der Waals surface area contributed by atoms with Crippen molar-refractivity contribution in [1.82, 2.24) is 9.55 Å². The Hall–Kier alpha value is -1.83. The Kier molecular flexibility index (Phi) is 5.23. The van der Waals surface area contributed by atoms with Crippen LogP contribution in [0.25, 0.3) is 0 Å². The molecule has 1 aromatic carbocycles. The summed E-state index contributed by atoms with van der Waals surface area (Å²) in [6.45, 7) is 1.54. The minimum Gasteiger partial charge on any atom is -0.489 e. The fraction of sp³-hybridized carbons (Fsp3) is 0.308. The number of nitro groups is 1. The summed E-state index contributed by atoms with van der Waals surface area (Å²) in [5, 5.41) is 21.7. The molecule has 118 valence electrons. The summed E-state index contributed by atoms with van der Waals surface area (Å²) in [5.74, 6) is 0.637. The predicted octanol–water partition coefficient (Wildman–Crippen LogP) is 2.85. The fourth-order valence-electron chi connectivity index (χ4n) is 1.87. The van der Waals surface area contributed by atoms with Crippen LogP contribution in [0.5, 0.6) is 5.75 Å². The van der Waals surface area contributed by atoms with E-state index in [2.05, 4.69) is 4.98 Å². The molecule has 1 unspecified atom stereocenters. The first-order valence-corrected chi connectivity index (χ1v) is 7.06. The molecule has 0 aliphatic rings. The molecule has 0 radical (unpaired) electrons. The van der Waals surface area contributed by atoms with Gasteiger partial charge in [0.1, 0.15) is 31.2 Å². The summed E-state index contributed by atoms with van der Waals surface area (Å²) in [6, 6.07) is 4.72. The molecule has 1 atom stereocenters. The second-order valence-electron chi connectivity index (χ2n) is 4.57. The van der Waals surface area contributed by atoms with Crippen LogP contribution in [-0.2, 0) is 6.54 Å². The molecule has 0 aliphatic carbocycles. The molecule has 1 heterocycles. The smallest absolute Gasteiger partial charge is 0.342 e. The van der Waals surface area contributed by atoms with Crippen molar-refractivity contribution in [1.29, 1.82) is 0 Å². The first kappa shape index (κ1) is 16.5. The predicted molar refractivity (Wildman–Crippen MR) is 81.6 cm³/mol. The maximum absolute atomic E-state index is 10.9. The zero-order valence-electron chi connectivity index (χ0n) is 11.6. The van der Waals surface area contributed by atoms with Crippen LogP contribution in [-0.4, -0.2) is 32.3 Å².